The van der Waals surface area contributed by atoms with Gasteiger partial charge in [-0.15, -0.1) is 0 Å². The highest BCUT2D eigenvalue weighted by Gasteiger charge is 2.39. The van der Waals surface area contributed by atoms with Crippen molar-refractivity contribution >= 4 is 11.1 Å². The zero-order valence-electron chi connectivity index (χ0n) is 21.5. The van der Waals surface area contributed by atoms with Gasteiger partial charge >= 0.3 is 0 Å². The smallest absolute Gasteiger partial charge is 0.119 e. The van der Waals surface area contributed by atoms with Crippen molar-refractivity contribution in [2.24, 2.45) is 5.41 Å². The van der Waals surface area contributed by atoms with Crippen LogP contribution in [-0.4, -0.2) is 61.1 Å². The van der Waals surface area contributed by atoms with Gasteiger partial charge in [0.2, 0.25) is 0 Å². The largest absolute Gasteiger partial charge is 0.508 e. The summed E-state index contributed by atoms with van der Waals surface area (Å²) in [6.45, 7) is 6.45. The lowest BCUT2D eigenvalue weighted by molar-refractivity contribution is 0.217. The molecule has 2 fully saturated rings. The fourth-order valence-electron chi connectivity index (χ4n) is 5.82. The first kappa shape index (κ1) is 25.5. The molecule has 0 radical (unpaired) electrons. The Kier molecular flexibility index (Phi) is 8.24. The molecule has 3 N–H and O–H groups in total. The standard InChI is InChI=1S/C32H38N2O3/c35-21-4-7-30(25-5-2-1-3-6-25)31(26-8-12-28(36)13-9-26)27-10-14-29(15-11-27)37-22-20-34-19-17-32(24-34)16-18-33-23-32/h1-3,5-6,8-15,33,35-36H,4,7,16-24H2/b31-30-. The molecule has 2 aliphatic rings. The molecular weight excluding hydrogens is 460 g/mol. The second-order valence-corrected chi connectivity index (χ2v) is 10.4. The van der Waals surface area contributed by atoms with E-state index in [1.807, 2.05) is 30.3 Å². The third-order valence-corrected chi connectivity index (χ3v) is 7.83. The van der Waals surface area contributed by atoms with Crippen molar-refractivity contribution in [2.75, 3.05) is 45.9 Å². The average molecular weight is 499 g/mol. The minimum Gasteiger partial charge on any atom is -0.508 e. The van der Waals surface area contributed by atoms with E-state index in [1.165, 1.54) is 31.5 Å². The maximum absolute atomic E-state index is 9.89. The molecule has 0 saturated carbocycles. The van der Waals surface area contributed by atoms with Gasteiger partial charge in [0.1, 0.15) is 18.1 Å². The molecule has 194 valence electrons. The van der Waals surface area contributed by atoms with Gasteiger partial charge in [-0.05, 0) is 96.3 Å². The minimum atomic E-state index is 0.140. The molecule has 3 aromatic rings. The highest BCUT2D eigenvalue weighted by Crippen LogP contribution is 2.37. The summed E-state index contributed by atoms with van der Waals surface area (Å²) in [5.41, 5.74) is 6.04. The lowest BCUT2D eigenvalue weighted by Gasteiger charge is -2.22. The zero-order chi connectivity index (χ0) is 25.5. The van der Waals surface area contributed by atoms with Crippen LogP contribution in [0, 0.1) is 5.41 Å². The Bertz CT molecular complexity index is 1170. The predicted octanol–water partition coefficient (Wildman–Crippen LogP) is 5.19. The van der Waals surface area contributed by atoms with Gasteiger partial charge in [-0.25, -0.2) is 0 Å². The van der Waals surface area contributed by atoms with Gasteiger partial charge in [0.05, 0.1) is 0 Å². The van der Waals surface area contributed by atoms with E-state index in [4.69, 9.17) is 4.74 Å². The van der Waals surface area contributed by atoms with E-state index < -0.39 is 0 Å². The van der Waals surface area contributed by atoms with Crippen LogP contribution in [0.4, 0.5) is 0 Å². The molecule has 0 amide bonds. The maximum Gasteiger partial charge on any atom is 0.119 e. The van der Waals surface area contributed by atoms with Gasteiger partial charge in [0.25, 0.3) is 0 Å². The first-order chi connectivity index (χ1) is 18.2. The number of nitrogens with one attached hydrogen (secondary N) is 1. The summed E-state index contributed by atoms with van der Waals surface area (Å²) in [5, 5.41) is 23.0. The number of nitrogens with zero attached hydrogens (tertiary/aromatic N) is 1. The molecule has 5 rings (SSSR count). The number of phenolic OH excluding ortho intramolecular Hbond substituents is 1. The molecule has 5 heteroatoms. The predicted molar refractivity (Wildman–Crippen MR) is 150 cm³/mol. The number of rotatable bonds is 10. The normalized spacial score (nSPS) is 20.4. The molecule has 1 spiro atoms. The van der Waals surface area contributed by atoms with E-state index in [0.717, 1.165) is 54.1 Å². The van der Waals surface area contributed by atoms with Crippen LogP contribution in [0.1, 0.15) is 42.4 Å². The number of aliphatic hydroxyl groups is 1. The average Bonchev–Trinajstić information content (AvgIpc) is 3.57. The number of benzene rings is 3. The second kappa shape index (κ2) is 12.0. The summed E-state index contributed by atoms with van der Waals surface area (Å²) in [7, 11) is 0. The van der Waals surface area contributed by atoms with Gasteiger partial charge in [0.15, 0.2) is 0 Å². The summed E-state index contributed by atoms with van der Waals surface area (Å²) in [4.78, 5) is 2.54. The van der Waals surface area contributed by atoms with E-state index in [1.54, 1.807) is 12.1 Å². The fourth-order valence-corrected chi connectivity index (χ4v) is 5.82. The summed E-state index contributed by atoms with van der Waals surface area (Å²) in [6, 6.07) is 26.1. The van der Waals surface area contributed by atoms with E-state index in [-0.39, 0.29) is 12.4 Å². The maximum atomic E-state index is 9.89. The second-order valence-electron chi connectivity index (χ2n) is 10.4. The first-order valence-corrected chi connectivity index (χ1v) is 13.5. The van der Waals surface area contributed by atoms with E-state index in [0.29, 0.717) is 18.4 Å². The zero-order valence-corrected chi connectivity index (χ0v) is 21.5. The Hall–Kier alpha value is -3.12. The van der Waals surface area contributed by atoms with Gasteiger partial charge in [-0.3, -0.25) is 4.90 Å². The number of hydrogen-bond donors (Lipinski definition) is 3. The van der Waals surface area contributed by atoms with Crippen LogP contribution in [0.3, 0.4) is 0 Å². The van der Waals surface area contributed by atoms with Crippen molar-refractivity contribution in [1.29, 1.82) is 0 Å². The van der Waals surface area contributed by atoms with Crippen LogP contribution in [0.5, 0.6) is 11.5 Å². The van der Waals surface area contributed by atoms with E-state index >= 15 is 0 Å². The van der Waals surface area contributed by atoms with Gasteiger partial charge in [0, 0.05) is 26.2 Å². The Labute approximate surface area is 220 Å². The molecule has 2 saturated heterocycles. The molecule has 0 aromatic heterocycles. The number of phenols is 1. The van der Waals surface area contributed by atoms with E-state index in [2.05, 4.69) is 46.6 Å². The quantitative estimate of drug-likeness (QED) is 0.336. The van der Waals surface area contributed by atoms with Crippen LogP contribution >= 0.6 is 0 Å². The van der Waals surface area contributed by atoms with Crippen LogP contribution < -0.4 is 10.1 Å². The van der Waals surface area contributed by atoms with Crippen molar-refractivity contribution in [3.05, 3.63) is 95.6 Å². The number of aromatic hydroxyl groups is 1. The van der Waals surface area contributed by atoms with Crippen molar-refractivity contribution in [1.82, 2.24) is 10.2 Å². The number of likely N-dealkylation sites (tertiary alicyclic amines) is 1. The molecule has 2 aliphatic heterocycles. The highest BCUT2D eigenvalue weighted by atomic mass is 16.5. The Morgan fingerprint density at radius 2 is 1.62 bits per heavy atom. The molecule has 0 aliphatic carbocycles. The summed E-state index contributed by atoms with van der Waals surface area (Å²) in [5.74, 6) is 1.12. The van der Waals surface area contributed by atoms with Crippen LogP contribution in [0.15, 0.2) is 78.9 Å². The van der Waals surface area contributed by atoms with Gasteiger partial charge in [-0.1, -0.05) is 54.6 Å². The lowest BCUT2D eigenvalue weighted by atomic mass is 9.87. The Morgan fingerprint density at radius 3 is 2.30 bits per heavy atom. The van der Waals surface area contributed by atoms with Crippen LogP contribution in [0.25, 0.3) is 11.1 Å². The number of hydrogen-bond acceptors (Lipinski definition) is 5. The Balaban J connectivity index is 1.35. The molecule has 5 nitrogen and oxygen atoms in total. The number of aliphatic hydroxyl groups excluding tert-OH is 1. The molecule has 37 heavy (non-hydrogen) atoms. The van der Waals surface area contributed by atoms with E-state index in [9.17, 15) is 10.2 Å². The highest BCUT2D eigenvalue weighted by molar-refractivity contribution is 5.98. The first-order valence-electron chi connectivity index (χ1n) is 13.5. The van der Waals surface area contributed by atoms with Gasteiger partial charge < -0.3 is 20.3 Å². The van der Waals surface area contributed by atoms with Crippen LogP contribution in [-0.2, 0) is 0 Å². The fraction of sp³-hybridized carbons (Fsp3) is 0.375. The third-order valence-electron chi connectivity index (χ3n) is 7.83. The monoisotopic (exact) mass is 498 g/mol. The molecule has 3 aromatic carbocycles. The molecule has 0 bridgehead atoms. The van der Waals surface area contributed by atoms with Crippen molar-refractivity contribution in [2.45, 2.75) is 25.7 Å². The van der Waals surface area contributed by atoms with Crippen molar-refractivity contribution < 1.29 is 14.9 Å². The third kappa shape index (κ3) is 6.24. The number of ether oxygens (including phenoxy) is 1. The lowest BCUT2D eigenvalue weighted by Crippen LogP contribution is -2.31. The topological polar surface area (TPSA) is 65.0 Å². The molecule has 1 unspecified atom stereocenters. The Morgan fingerprint density at radius 1 is 0.892 bits per heavy atom. The van der Waals surface area contributed by atoms with Gasteiger partial charge in [-0.2, -0.15) is 0 Å². The molecular formula is C32H38N2O3. The number of allylic oxidation sites excluding steroid dienone is 1. The summed E-state index contributed by atoms with van der Waals surface area (Å²) in [6.07, 6.45) is 4.02. The SMILES string of the molecule is OCCC/C(=C(\c1ccc(O)cc1)c1ccc(OCCN2CCC3(CCNC3)C2)cc1)c1ccccc1. The van der Waals surface area contributed by atoms with Crippen molar-refractivity contribution in [3.63, 3.8) is 0 Å². The minimum absolute atomic E-state index is 0.140. The van der Waals surface area contributed by atoms with Crippen LogP contribution in [0.2, 0.25) is 0 Å². The molecule has 2 heterocycles. The summed E-state index contributed by atoms with van der Waals surface area (Å²) < 4.78 is 6.15. The van der Waals surface area contributed by atoms with Crippen molar-refractivity contribution in [3.8, 4) is 11.5 Å². The molecule has 1 atom stereocenters. The summed E-state index contributed by atoms with van der Waals surface area (Å²) >= 11 is 0.